The molecule has 0 aromatic heterocycles. The summed E-state index contributed by atoms with van der Waals surface area (Å²) in [6.07, 6.45) is 69.3. The first-order chi connectivity index (χ1) is 31.5. The smallest absolute Gasteiger partial charge is 0.306 e. The number of carbonyl (C=O) groups excluding carboxylic acids is 3. The van der Waals surface area contributed by atoms with Gasteiger partial charge >= 0.3 is 17.9 Å². The van der Waals surface area contributed by atoms with Crippen molar-refractivity contribution in [1.82, 2.24) is 0 Å². The van der Waals surface area contributed by atoms with E-state index in [1.807, 2.05) is 0 Å². The van der Waals surface area contributed by atoms with E-state index in [1.165, 1.54) is 51.4 Å². The lowest BCUT2D eigenvalue weighted by atomic mass is 10.1. The van der Waals surface area contributed by atoms with Gasteiger partial charge in [0.05, 0.1) is 0 Å². The number of ether oxygens (including phenoxy) is 3. The van der Waals surface area contributed by atoms with Crippen molar-refractivity contribution < 1.29 is 28.6 Å². The molecule has 0 fully saturated rings. The van der Waals surface area contributed by atoms with Gasteiger partial charge in [-0.05, 0) is 116 Å². The lowest BCUT2D eigenvalue weighted by molar-refractivity contribution is -0.167. The minimum absolute atomic E-state index is 0.105. The van der Waals surface area contributed by atoms with Gasteiger partial charge in [-0.2, -0.15) is 0 Å². The van der Waals surface area contributed by atoms with Gasteiger partial charge in [-0.15, -0.1) is 0 Å². The minimum atomic E-state index is -0.807. The first-order valence-electron chi connectivity index (χ1n) is 25.9. The molecule has 0 saturated heterocycles. The molecule has 0 aromatic carbocycles. The molecule has 0 heterocycles. The molecule has 64 heavy (non-hydrogen) atoms. The summed E-state index contributed by atoms with van der Waals surface area (Å²) in [6.45, 7) is 6.31. The van der Waals surface area contributed by atoms with Crippen LogP contribution in [0.4, 0.5) is 0 Å². The van der Waals surface area contributed by atoms with Gasteiger partial charge in [-0.1, -0.05) is 194 Å². The summed E-state index contributed by atoms with van der Waals surface area (Å²) in [6, 6.07) is 0. The number of hydrogen-bond acceptors (Lipinski definition) is 6. The molecule has 0 aliphatic carbocycles. The number of rotatable bonds is 45. The number of allylic oxidation sites excluding steroid dienone is 18. The highest BCUT2D eigenvalue weighted by atomic mass is 16.6. The highest BCUT2D eigenvalue weighted by Gasteiger charge is 2.19. The maximum atomic E-state index is 12.8. The molecule has 1 unspecified atom stereocenters. The Morgan fingerprint density at radius 2 is 0.656 bits per heavy atom. The monoisotopic (exact) mass is 887 g/mol. The molecule has 0 amide bonds. The molecule has 362 valence electrons. The summed E-state index contributed by atoms with van der Waals surface area (Å²) in [4.78, 5) is 38.0. The molecule has 1 atom stereocenters. The normalized spacial score (nSPS) is 13.0. The third kappa shape index (κ3) is 49.1. The van der Waals surface area contributed by atoms with Crippen LogP contribution in [0.25, 0.3) is 0 Å². The third-order valence-electron chi connectivity index (χ3n) is 10.5. The molecule has 6 nitrogen and oxygen atoms in total. The second kappa shape index (κ2) is 51.7. The van der Waals surface area contributed by atoms with Crippen LogP contribution in [0.2, 0.25) is 0 Å². The first-order valence-corrected chi connectivity index (χ1v) is 25.9. The number of esters is 3. The van der Waals surface area contributed by atoms with Gasteiger partial charge in [0, 0.05) is 19.3 Å². The van der Waals surface area contributed by atoms with Crippen molar-refractivity contribution in [2.75, 3.05) is 13.2 Å². The standard InChI is InChI=1S/C58H94O6/c1-4-7-10-13-16-19-22-25-27-28-29-30-32-33-36-39-42-45-48-51-57(60)63-54-55(53-62-56(59)50-47-44-41-38-35-24-21-18-15-12-9-6-3)64-58(61)52-49-46-43-40-37-34-31-26-23-20-17-14-11-8-5-2/h7,9-10,12,16-21,23,25-27,29-30,35,38,55H,4-6,8,11,13-15,22,24,28,31-34,36-37,39-54H2,1-3H3/b10-7-,12-9-,19-16-,20-17-,21-18-,26-23-,27-25-,30-29-,38-35-. The predicted octanol–water partition coefficient (Wildman–Crippen LogP) is 17.1. The van der Waals surface area contributed by atoms with Crippen molar-refractivity contribution >= 4 is 17.9 Å². The summed E-state index contributed by atoms with van der Waals surface area (Å²) >= 11 is 0. The summed E-state index contributed by atoms with van der Waals surface area (Å²) < 4.78 is 16.7. The lowest BCUT2D eigenvalue weighted by Crippen LogP contribution is -2.30. The van der Waals surface area contributed by atoms with Crippen LogP contribution in [0.1, 0.15) is 220 Å². The average molecular weight is 887 g/mol. The van der Waals surface area contributed by atoms with Gasteiger partial charge in [0.2, 0.25) is 0 Å². The minimum Gasteiger partial charge on any atom is -0.462 e. The Hall–Kier alpha value is -3.93. The Morgan fingerprint density at radius 1 is 0.344 bits per heavy atom. The zero-order valence-corrected chi connectivity index (χ0v) is 41.3. The molecule has 0 rings (SSSR count). The topological polar surface area (TPSA) is 78.9 Å². The maximum Gasteiger partial charge on any atom is 0.306 e. The van der Waals surface area contributed by atoms with E-state index in [-0.39, 0.29) is 31.1 Å². The van der Waals surface area contributed by atoms with E-state index in [1.54, 1.807) is 0 Å². The number of hydrogen-bond donors (Lipinski definition) is 0. The molecular formula is C58H94O6. The molecule has 0 N–H and O–H groups in total. The molecule has 0 saturated carbocycles. The number of carbonyl (C=O) groups is 3. The Bertz CT molecular complexity index is 1340. The zero-order valence-electron chi connectivity index (χ0n) is 41.3. The van der Waals surface area contributed by atoms with Crippen molar-refractivity contribution in [2.24, 2.45) is 0 Å². The van der Waals surface area contributed by atoms with Crippen LogP contribution >= 0.6 is 0 Å². The Morgan fingerprint density at radius 3 is 1.08 bits per heavy atom. The summed E-state index contributed by atoms with van der Waals surface area (Å²) in [5.41, 5.74) is 0. The van der Waals surface area contributed by atoms with Gasteiger partial charge in [-0.25, -0.2) is 0 Å². The molecule has 0 radical (unpaired) electrons. The van der Waals surface area contributed by atoms with Crippen LogP contribution in [0.3, 0.4) is 0 Å². The van der Waals surface area contributed by atoms with Gasteiger partial charge in [0.15, 0.2) is 6.10 Å². The summed E-state index contributed by atoms with van der Waals surface area (Å²) in [7, 11) is 0. The summed E-state index contributed by atoms with van der Waals surface area (Å²) in [5.74, 6) is -0.976. The third-order valence-corrected chi connectivity index (χ3v) is 10.5. The van der Waals surface area contributed by atoms with E-state index in [2.05, 4.69) is 130 Å². The van der Waals surface area contributed by atoms with E-state index < -0.39 is 6.10 Å². The van der Waals surface area contributed by atoms with Crippen LogP contribution in [0, 0.1) is 0 Å². The van der Waals surface area contributed by atoms with E-state index in [0.29, 0.717) is 19.3 Å². The van der Waals surface area contributed by atoms with Gasteiger partial charge in [0.25, 0.3) is 0 Å². The van der Waals surface area contributed by atoms with Crippen molar-refractivity contribution in [1.29, 1.82) is 0 Å². The zero-order chi connectivity index (χ0) is 46.5. The number of unbranched alkanes of at least 4 members (excludes halogenated alkanes) is 17. The van der Waals surface area contributed by atoms with Crippen LogP contribution < -0.4 is 0 Å². The van der Waals surface area contributed by atoms with E-state index in [4.69, 9.17) is 14.2 Å². The molecule has 0 bridgehead atoms. The quantitative estimate of drug-likeness (QED) is 0.0199. The maximum absolute atomic E-state index is 12.8. The molecule has 0 aromatic rings. The van der Waals surface area contributed by atoms with E-state index in [0.717, 1.165) is 128 Å². The fourth-order valence-electron chi connectivity index (χ4n) is 6.67. The van der Waals surface area contributed by atoms with Gasteiger partial charge < -0.3 is 14.2 Å². The lowest BCUT2D eigenvalue weighted by Gasteiger charge is -2.18. The average Bonchev–Trinajstić information content (AvgIpc) is 3.29. The van der Waals surface area contributed by atoms with Crippen LogP contribution in [0.15, 0.2) is 109 Å². The molecular weight excluding hydrogens is 793 g/mol. The van der Waals surface area contributed by atoms with Crippen molar-refractivity contribution in [2.45, 2.75) is 226 Å². The van der Waals surface area contributed by atoms with Gasteiger partial charge in [-0.3, -0.25) is 14.4 Å². The van der Waals surface area contributed by atoms with E-state index >= 15 is 0 Å². The van der Waals surface area contributed by atoms with E-state index in [9.17, 15) is 14.4 Å². The van der Waals surface area contributed by atoms with Crippen LogP contribution in [-0.4, -0.2) is 37.2 Å². The summed E-state index contributed by atoms with van der Waals surface area (Å²) in [5, 5.41) is 0. The highest BCUT2D eigenvalue weighted by Crippen LogP contribution is 2.13. The molecule has 0 aliphatic heterocycles. The van der Waals surface area contributed by atoms with Crippen LogP contribution in [0.5, 0.6) is 0 Å². The fourth-order valence-corrected chi connectivity index (χ4v) is 6.67. The van der Waals surface area contributed by atoms with Crippen molar-refractivity contribution in [3.63, 3.8) is 0 Å². The van der Waals surface area contributed by atoms with Crippen molar-refractivity contribution in [3.05, 3.63) is 109 Å². The Balaban J connectivity index is 4.46. The SMILES string of the molecule is CC/C=C\C/C=C\C/C=C\C/C=C\CCCCCCCCC(=O)OCC(COC(=O)CCCC/C=C\C/C=C\C/C=C\CC)OC(=O)CCCCCCCC/C=C\C=C/CCCCC. The second-order valence-corrected chi connectivity index (χ2v) is 16.7. The Labute approximate surface area is 393 Å². The second-order valence-electron chi connectivity index (χ2n) is 16.7. The Kier molecular flexibility index (Phi) is 48.5. The first kappa shape index (κ1) is 60.1. The highest BCUT2D eigenvalue weighted by molar-refractivity contribution is 5.71. The predicted molar refractivity (Wildman–Crippen MR) is 274 cm³/mol. The largest absolute Gasteiger partial charge is 0.462 e. The fraction of sp³-hybridized carbons (Fsp3) is 0.638. The van der Waals surface area contributed by atoms with Crippen molar-refractivity contribution in [3.8, 4) is 0 Å². The van der Waals surface area contributed by atoms with Crippen LogP contribution in [-0.2, 0) is 28.6 Å². The van der Waals surface area contributed by atoms with Gasteiger partial charge in [0.1, 0.15) is 13.2 Å². The molecule has 0 spiro atoms. The molecule has 6 heteroatoms. The molecule has 0 aliphatic rings.